The van der Waals surface area contributed by atoms with Crippen LogP contribution in [0.4, 0.5) is 17.3 Å². The summed E-state index contributed by atoms with van der Waals surface area (Å²) < 4.78 is 1.92. The number of hydrogen-bond acceptors (Lipinski definition) is 5. The Hall–Kier alpha value is -3.13. The normalized spacial score (nSPS) is 15.4. The highest BCUT2D eigenvalue weighted by Gasteiger charge is 2.27. The van der Waals surface area contributed by atoms with Crippen molar-refractivity contribution in [1.82, 2.24) is 14.7 Å². The van der Waals surface area contributed by atoms with Gasteiger partial charge in [-0.2, -0.15) is 5.10 Å². The maximum Gasteiger partial charge on any atom is 0.257 e. The van der Waals surface area contributed by atoms with E-state index in [2.05, 4.69) is 35.2 Å². The summed E-state index contributed by atoms with van der Waals surface area (Å²) in [5, 5.41) is 9.40. The van der Waals surface area contributed by atoms with Gasteiger partial charge >= 0.3 is 0 Å². The molecular weight excluding hydrogens is 410 g/mol. The Morgan fingerprint density at radius 3 is 2.77 bits per heavy atom. The predicted molar refractivity (Wildman–Crippen MR) is 123 cm³/mol. The Bertz CT molecular complexity index is 1180. The number of anilines is 3. The summed E-state index contributed by atoms with van der Waals surface area (Å²) >= 11 is 1.61. The zero-order valence-corrected chi connectivity index (χ0v) is 18.7. The number of nitrogens with zero attached hydrogens (tertiary/aromatic N) is 4. The van der Waals surface area contributed by atoms with Crippen LogP contribution in [-0.4, -0.2) is 46.6 Å². The minimum absolute atomic E-state index is 0.0818. The number of rotatable bonds is 4. The van der Waals surface area contributed by atoms with Crippen molar-refractivity contribution in [2.75, 3.05) is 30.4 Å². The molecule has 0 saturated carbocycles. The molecule has 1 aromatic carbocycles. The van der Waals surface area contributed by atoms with E-state index in [9.17, 15) is 9.59 Å². The molecule has 2 aromatic heterocycles. The highest BCUT2D eigenvalue weighted by atomic mass is 32.1. The van der Waals surface area contributed by atoms with Gasteiger partial charge in [-0.3, -0.25) is 9.59 Å². The van der Waals surface area contributed by atoms with Crippen molar-refractivity contribution in [2.24, 2.45) is 0 Å². The minimum atomic E-state index is -0.136. The van der Waals surface area contributed by atoms with Crippen molar-refractivity contribution in [3.63, 3.8) is 0 Å². The topological polar surface area (TPSA) is 70.5 Å². The molecule has 5 rings (SSSR count). The van der Waals surface area contributed by atoms with E-state index in [1.54, 1.807) is 16.2 Å². The van der Waals surface area contributed by atoms with E-state index in [0.717, 1.165) is 48.7 Å². The lowest BCUT2D eigenvalue weighted by Gasteiger charge is -2.26. The molecule has 8 heteroatoms. The van der Waals surface area contributed by atoms with E-state index in [1.807, 2.05) is 41.4 Å². The number of thiophene rings is 1. The predicted octanol–water partition coefficient (Wildman–Crippen LogP) is 4.10. The lowest BCUT2D eigenvalue weighted by molar-refractivity contribution is 0.0780. The first-order valence-electron chi connectivity index (χ1n) is 10.5. The van der Waals surface area contributed by atoms with Crippen molar-refractivity contribution in [3.05, 3.63) is 57.3 Å². The molecule has 160 valence electrons. The molecule has 0 aliphatic carbocycles. The minimum Gasteiger partial charge on any atom is -0.341 e. The number of carbonyl (C=O) groups excluding carboxylic acids is 2. The van der Waals surface area contributed by atoms with Crippen molar-refractivity contribution >= 4 is 40.5 Å². The van der Waals surface area contributed by atoms with Crippen LogP contribution in [-0.2, 0) is 13.0 Å². The summed E-state index contributed by atoms with van der Waals surface area (Å²) in [6.07, 6.45) is 0.860. The van der Waals surface area contributed by atoms with Gasteiger partial charge in [0, 0.05) is 47.7 Å². The maximum absolute atomic E-state index is 12.6. The molecule has 0 radical (unpaired) electrons. The lowest BCUT2D eigenvalue weighted by atomic mass is 9.98. The van der Waals surface area contributed by atoms with Gasteiger partial charge in [-0.05, 0) is 42.2 Å². The summed E-state index contributed by atoms with van der Waals surface area (Å²) in [5.74, 6) is 1.85. The van der Waals surface area contributed by atoms with Crippen molar-refractivity contribution < 1.29 is 9.59 Å². The van der Waals surface area contributed by atoms with Crippen LogP contribution < -0.4 is 10.2 Å². The highest BCUT2D eigenvalue weighted by Crippen LogP contribution is 2.34. The van der Waals surface area contributed by atoms with Gasteiger partial charge in [-0.15, -0.1) is 11.3 Å². The zero-order valence-electron chi connectivity index (χ0n) is 17.9. The fourth-order valence-electron chi connectivity index (χ4n) is 4.14. The van der Waals surface area contributed by atoms with Gasteiger partial charge in [-0.1, -0.05) is 13.8 Å². The van der Waals surface area contributed by atoms with Gasteiger partial charge in [0.2, 0.25) is 0 Å². The second-order valence-electron chi connectivity index (χ2n) is 8.43. The molecule has 0 saturated heterocycles. The molecule has 7 nitrogen and oxygen atoms in total. The Kier molecular flexibility index (Phi) is 4.81. The van der Waals surface area contributed by atoms with E-state index in [-0.39, 0.29) is 11.8 Å². The quantitative estimate of drug-likeness (QED) is 0.670. The molecular formula is C23H25N5O2S. The molecule has 4 heterocycles. The van der Waals surface area contributed by atoms with Crippen LogP contribution in [0.3, 0.4) is 0 Å². The Balaban J connectivity index is 1.36. The molecule has 2 aliphatic rings. The number of amides is 2. The smallest absolute Gasteiger partial charge is 0.257 e. The van der Waals surface area contributed by atoms with Crippen LogP contribution in [0.5, 0.6) is 0 Å². The average molecular weight is 436 g/mol. The molecule has 0 unspecified atom stereocenters. The van der Waals surface area contributed by atoms with Crippen LogP contribution in [0.25, 0.3) is 0 Å². The highest BCUT2D eigenvalue weighted by molar-refractivity contribution is 7.10. The first-order valence-corrected chi connectivity index (χ1v) is 11.4. The largest absolute Gasteiger partial charge is 0.341 e. The number of nitrogens with one attached hydrogen (secondary N) is 1. The van der Waals surface area contributed by atoms with Crippen LogP contribution >= 0.6 is 11.3 Å². The molecule has 0 bridgehead atoms. The second kappa shape index (κ2) is 7.53. The summed E-state index contributed by atoms with van der Waals surface area (Å²) in [4.78, 5) is 30.2. The van der Waals surface area contributed by atoms with Gasteiger partial charge in [0.25, 0.3) is 11.8 Å². The number of benzene rings is 1. The Morgan fingerprint density at radius 2 is 2.00 bits per heavy atom. The molecule has 1 N–H and O–H groups in total. The summed E-state index contributed by atoms with van der Waals surface area (Å²) in [5.41, 5.74) is 3.59. The van der Waals surface area contributed by atoms with Crippen LogP contribution in [0.15, 0.2) is 35.7 Å². The third-order valence-corrected chi connectivity index (χ3v) is 7.19. The van der Waals surface area contributed by atoms with Gasteiger partial charge in [-0.25, -0.2) is 4.68 Å². The van der Waals surface area contributed by atoms with Crippen molar-refractivity contribution in [2.45, 2.75) is 32.7 Å². The zero-order chi connectivity index (χ0) is 21.7. The maximum atomic E-state index is 12.6. The van der Waals surface area contributed by atoms with Crippen LogP contribution in [0, 0.1) is 0 Å². The Labute approximate surface area is 185 Å². The van der Waals surface area contributed by atoms with Gasteiger partial charge in [0.15, 0.2) is 5.82 Å². The fraction of sp³-hybridized carbons (Fsp3) is 0.348. The number of aromatic nitrogens is 2. The van der Waals surface area contributed by atoms with Gasteiger partial charge in [0.05, 0.1) is 12.1 Å². The lowest BCUT2D eigenvalue weighted by Crippen LogP contribution is -2.34. The number of hydrogen-bond donors (Lipinski definition) is 1. The van der Waals surface area contributed by atoms with E-state index in [0.29, 0.717) is 17.3 Å². The number of fused-ring (bicyclic) bond motifs is 2. The molecule has 2 amide bonds. The van der Waals surface area contributed by atoms with E-state index < -0.39 is 0 Å². The first-order chi connectivity index (χ1) is 14.9. The van der Waals surface area contributed by atoms with Crippen LogP contribution in [0.2, 0.25) is 0 Å². The molecule has 0 spiro atoms. The standard InChI is InChI=1S/C23H25N5O2S/c1-14(2)19-11-16(13-31-19)22(29)24-20-12-21-27(8-9-28(21)25-20)17-4-5-18-15(10-17)6-7-26(3)23(18)30/h4-5,10-14H,6-9H2,1-3H3,(H,24,25,29). The number of carbonyl (C=O) groups is 2. The van der Waals surface area contributed by atoms with Crippen LogP contribution in [0.1, 0.15) is 50.9 Å². The number of likely N-dealkylation sites (N-methyl/N-ethyl adjacent to an activating group) is 1. The van der Waals surface area contributed by atoms with Crippen molar-refractivity contribution in [3.8, 4) is 0 Å². The van der Waals surface area contributed by atoms with Crippen molar-refractivity contribution in [1.29, 1.82) is 0 Å². The molecule has 2 aliphatic heterocycles. The third kappa shape index (κ3) is 3.50. The summed E-state index contributed by atoms with van der Waals surface area (Å²) in [6, 6.07) is 9.90. The molecule has 31 heavy (non-hydrogen) atoms. The molecule has 3 aromatic rings. The average Bonchev–Trinajstić information content (AvgIpc) is 3.46. The summed E-state index contributed by atoms with van der Waals surface area (Å²) in [6.45, 7) is 6.55. The van der Waals surface area contributed by atoms with E-state index >= 15 is 0 Å². The van der Waals surface area contributed by atoms with E-state index in [1.165, 1.54) is 4.88 Å². The third-order valence-electron chi connectivity index (χ3n) is 5.96. The monoisotopic (exact) mass is 435 g/mol. The first kappa shape index (κ1) is 19.8. The summed E-state index contributed by atoms with van der Waals surface area (Å²) in [7, 11) is 1.84. The van der Waals surface area contributed by atoms with E-state index in [4.69, 9.17) is 0 Å². The molecule has 0 atom stereocenters. The molecule has 0 fully saturated rings. The Morgan fingerprint density at radius 1 is 1.16 bits per heavy atom. The second-order valence-corrected chi connectivity index (χ2v) is 9.37. The fourth-order valence-corrected chi connectivity index (χ4v) is 5.05. The SMILES string of the molecule is CC(C)c1cc(C(=O)Nc2cc3n(n2)CCN3c2ccc3c(c2)CCN(C)C3=O)cs1. The van der Waals surface area contributed by atoms with Gasteiger partial charge in [0.1, 0.15) is 5.82 Å². The van der Waals surface area contributed by atoms with Gasteiger partial charge < -0.3 is 15.1 Å².